The second-order valence-electron chi connectivity index (χ2n) is 7.66. The molecule has 2 aliphatic heterocycles. The molecule has 2 aromatic carbocycles. The zero-order valence-corrected chi connectivity index (χ0v) is 16.6. The van der Waals surface area contributed by atoms with Crippen LogP contribution in [0.2, 0.25) is 0 Å². The number of fused-ring (bicyclic) bond motifs is 1. The number of hydrogen-bond acceptors (Lipinski definition) is 4. The molecule has 8 heteroatoms. The van der Waals surface area contributed by atoms with E-state index in [0.717, 1.165) is 23.9 Å². The molecule has 1 saturated carbocycles. The minimum Gasteiger partial charge on any atom is -0.327 e. The molecule has 0 radical (unpaired) electrons. The summed E-state index contributed by atoms with van der Waals surface area (Å²) >= 11 is 0. The fourth-order valence-corrected chi connectivity index (χ4v) is 6.66. The van der Waals surface area contributed by atoms with Crippen molar-refractivity contribution >= 4 is 44.8 Å². The molecule has 6 nitrogen and oxygen atoms in total. The van der Waals surface area contributed by atoms with Crippen molar-refractivity contribution in [2.75, 3.05) is 25.0 Å². The lowest BCUT2D eigenvalue weighted by atomic mass is 9.98. The number of rotatable bonds is 2. The fraction of sp³-hybridized carbons (Fsp3) is 0.421. The number of nitrogens with zero attached hydrogens (tertiary/aromatic N) is 2. The van der Waals surface area contributed by atoms with Gasteiger partial charge in [0.1, 0.15) is 0 Å². The maximum atomic E-state index is 13.4. The van der Waals surface area contributed by atoms with E-state index < -0.39 is 10.0 Å². The monoisotopic (exact) mass is 407 g/mol. The van der Waals surface area contributed by atoms with Crippen LogP contribution in [0.5, 0.6) is 0 Å². The molecular weight excluding hydrogens is 386 g/mol. The largest absolute Gasteiger partial charge is 0.327 e. The van der Waals surface area contributed by atoms with E-state index in [0.29, 0.717) is 30.0 Å². The number of carbonyl (C=O) groups excluding carboxylic acids is 1. The average Bonchev–Trinajstić information content (AvgIpc) is 3.27. The van der Waals surface area contributed by atoms with Crippen LogP contribution in [0.3, 0.4) is 0 Å². The predicted octanol–water partition coefficient (Wildman–Crippen LogP) is 2.21. The van der Waals surface area contributed by atoms with Crippen LogP contribution >= 0.6 is 12.4 Å². The Hall–Kier alpha value is -1.67. The summed E-state index contributed by atoms with van der Waals surface area (Å²) in [5.41, 5.74) is 7.50. The normalized spacial score (nSPS) is 27.3. The SMILES string of the molecule is CN1C(=O)c2cccc3c(S(=O)(=O)N4CC5CCC(N)C5C4)ccc1c23.Cl. The summed E-state index contributed by atoms with van der Waals surface area (Å²) in [6, 6.07) is 8.79. The molecule has 0 aromatic heterocycles. The first-order valence-electron chi connectivity index (χ1n) is 8.99. The van der Waals surface area contributed by atoms with Gasteiger partial charge < -0.3 is 10.6 Å². The summed E-state index contributed by atoms with van der Waals surface area (Å²) in [6.07, 6.45) is 1.99. The molecule has 1 amide bonds. The minimum atomic E-state index is -3.62. The number of nitrogens with two attached hydrogens (primary N) is 1. The predicted molar refractivity (Wildman–Crippen MR) is 107 cm³/mol. The Bertz CT molecular complexity index is 1060. The molecular formula is C19H22ClN3O3S. The molecule has 3 atom stereocenters. The van der Waals surface area contributed by atoms with Gasteiger partial charge >= 0.3 is 0 Å². The molecule has 0 bridgehead atoms. The molecule has 0 spiro atoms. The maximum Gasteiger partial charge on any atom is 0.258 e. The molecule has 144 valence electrons. The number of anilines is 1. The number of benzene rings is 2. The van der Waals surface area contributed by atoms with E-state index in [1.54, 1.807) is 46.6 Å². The van der Waals surface area contributed by atoms with E-state index >= 15 is 0 Å². The van der Waals surface area contributed by atoms with Crippen LogP contribution in [-0.4, -0.2) is 44.8 Å². The lowest BCUT2D eigenvalue weighted by Gasteiger charge is -2.20. The van der Waals surface area contributed by atoms with E-state index in [1.807, 2.05) is 0 Å². The van der Waals surface area contributed by atoms with Gasteiger partial charge in [-0.05, 0) is 42.9 Å². The molecule has 1 saturated heterocycles. The first-order chi connectivity index (χ1) is 12.4. The van der Waals surface area contributed by atoms with Crippen LogP contribution in [0.1, 0.15) is 23.2 Å². The molecule has 3 aliphatic rings. The van der Waals surface area contributed by atoms with Gasteiger partial charge in [0.25, 0.3) is 5.91 Å². The van der Waals surface area contributed by atoms with Gasteiger partial charge in [-0.2, -0.15) is 4.31 Å². The summed E-state index contributed by atoms with van der Waals surface area (Å²) in [6.45, 7) is 1.04. The van der Waals surface area contributed by atoms with Gasteiger partial charge in [-0.1, -0.05) is 12.1 Å². The lowest BCUT2D eigenvalue weighted by Crippen LogP contribution is -2.33. The summed E-state index contributed by atoms with van der Waals surface area (Å²) in [4.78, 5) is 14.3. The van der Waals surface area contributed by atoms with Crippen molar-refractivity contribution in [1.82, 2.24) is 4.31 Å². The van der Waals surface area contributed by atoms with E-state index in [-0.39, 0.29) is 35.2 Å². The van der Waals surface area contributed by atoms with Crippen LogP contribution in [-0.2, 0) is 10.0 Å². The third-order valence-corrected chi connectivity index (χ3v) is 8.26. The third kappa shape index (κ3) is 2.45. The van der Waals surface area contributed by atoms with Gasteiger partial charge in [-0.3, -0.25) is 4.79 Å². The Balaban J connectivity index is 0.00000180. The fourth-order valence-electron chi connectivity index (χ4n) is 4.94. The first-order valence-corrected chi connectivity index (χ1v) is 10.4. The van der Waals surface area contributed by atoms with Crippen molar-refractivity contribution in [2.24, 2.45) is 17.6 Å². The van der Waals surface area contributed by atoms with Crippen LogP contribution in [0.4, 0.5) is 5.69 Å². The second kappa shape index (κ2) is 6.17. The van der Waals surface area contributed by atoms with Crippen LogP contribution in [0, 0.1) is 11.8 Å². The van der Waals surface area contributed by atoms with E-state index in [1.165, 1.54) is 0 Å². The first kappa shape index (κ1) is 18.7. The molecule has 2 heterocycles. The van der Waals surface area contributed by atoms with E-state index in [9.17, 15) is 13.2 Å². The summed E-state index contributed by atoms with van der Waals surface area (Å²) in [5.74, 6) is 0.528. The molecule has 2 aromatic rings. The van der Waals surface area contributed by atoms with Crippen LogP contribution in [0.15, 0.2) is 35.2 Å². The zero-order valence-electron chi connectivity index (χ0n) is 15.0. The van der Waals surface area contributed by atoms with Crippen molar-refractivity contribution in [3.63, 3.8) is 0 Å². The van der Waals surface area contributed by atoms with Gasteiger partial charge in [0.05, 0.1) is 10.6 Å². The second-order valence-corrected chi connectivity index (χ2v) is 9.57. The number of sulfonamides is 1. The van der Waals surface area contributed by atoms with Crippen molar-refractivity contribution in [2.45, 2.75) is 23.8 Å². The average molecular weight is 408 g/mol. The topological polar surface area (TPSA) is 83.7 Å². The molecule has 3 unspecified atom stereocenters. The van der Waals surface area contributed by atoms with E-state index in [4.69, 9.17) is 5.73 Å². The summed E-state index contributed by atoms with van der Waals surface area (Å²) < 4.78 is 28.3. The number of amides is 1. The van der Waals surface area contributed by atoms with Gasteiger partial charge in [0.2, 0.25) is 10.0 Å². The molecule has 2 fully saturated rings. The molecule has 2 N–H and O–H groups in total. The number of hydrogen-bond donors (Lipinski definition) is 1. The Morgan fingerprint density at radius 1 is 1.11 bits per heavy atom. The van der Waals surface area contributed by atoms with Gasteiger partial charge in [-0.15, -0.1) is 12.4 Å². The number of carbonyl (C=O) groups is 1. The Morgan fingerprint density at radius 2 is 1.89 bits per heavy atom. The molecule has 1 aliphatic carbocycles. The van der Waals surface area contributed by atoms with Gasteiger partial charge in [0, 0.05) is 42.5 Å². The highest BCUT2D eigenvalue weighted by Gasteiger charge is 2.45. The van der Waals surface area contributed by atoms with Crippen molar-refractivity contribution in [3.05, 3.63) is 35.9 Å². The quantitative estimate of drug-likeness (QED) is 0.827. The molecule has 5 rings (SSSR count). The Morgan fingerprint density at radius 3 is 2.63 bits per heavy atom. The highest BCUT2D eigenvalue weighted by molar-refractivity contribution is 7.89. The third-order valence-electron chi connectivity index (χ3n) is 6.37. The highest BCUT2D eigenvalue weighted by atomic mass is 35.5. The summed E-state index contributed by atoms with van der Waals surface area (Å²) in [5, 5.41) is 1.36. The minimum absolute atomic E-state index is 0. The van der Waals surface area contributed by atoms with E-state index in [2.05, 4.69) is 0 Å². The van der Waals surface area contributed by atoms with Crippen molar-refractivity contribution < 1.29 is 13.2 Å². The van der Waals surface area contributed by atoms with Crippen LogP contribution in [0.25, 0.3) is 10.8 Å². The zero-order chi connectivity index (χ0) is 18.2. The standard InChI is InChI=1S/C19H21N3O3S.ClH/c1-21-16-7-8-17(12-3-2-4-13(18(12)16)19(21)23)26(24,25)22-9-11-5-6-15(20)14(11)10-22;/h2-4,7-8,11,14-15H,5-6,9-10,20H2,1H3;1H. The van der Waals surface area contributed by atoms with Gasteiger partial charge in [-0.25, -0.2) is 8.42 Å². The molecule has 27 heavy (non-hydrogen) atoms. The number of halogens is 1. The maximum absolute atomic E-state index is 13.4. The highest BCUT2D eigenvalue weighted by Crippen LogP contribution is 2.43. The van der Waals surface area contributed by atoms with Crippen molar-refractivity contribution in [3.8, 4) is 0 Å². The Labute approximate surface area is 164 Å². The van der Waals surface area contributed by atoms with Crippen molar-refractivity contribution in [1.29, 1.82) is 0 Å². The van der Waals surface area contributed by atoms with Crippen LogP contribution < -0.4 is 10.6 Å². The van der Waals surface area contributed by atoms with Gasteiger partial charge in [0.15, 0.2) is 0 Å². The Kier molecular flexibility index (Phi) is 4.27. The summed E-state index contributed by atoms with van der Waals surface area (Å²) in [7, 11) is -1.91. The lowest BCUT2D eigenvalue weighted by molar-refractivity contribution is 0.0999. The smallest absolute Gasteiger partial charge is 0.258 e.